The van der Waals surface area contributed by atoms with Crippen LogP contribution in [0.1, 0.15) is 22.8 Å². The van der Waals surface area contributed by atoms with Gasteiger partial charge < -0.3 is 20.0 Å². The minimum atomic E-state index is -0.949. The van der Waals surface area contributed by atoms with Crippen molar-refractivity contribution >= 4 is 11.9 Å². The molecule has 1 N–H and O–H groups in total. The van der Waals surface area contributed by atoms with Crippen LogP contribution in [0.3, 0.4) is 0 Å². The maximum Gasteiger partial charge on any atom is 0.339 e. The summed E-state index contributed by atoms with van der Waals surface area (Å²) in [7, 11) is 1.58. The lowest BCUT2D eigenvalue weighted by Crippen LogP contribution is -2.35. The smallest absolute Gasteiger partial charge is 0.339 e. The molecule has 126 valence electrons. The number of nitrogens with one attached hydrogen (secondary N) is 1. The lowest BCUT2D eigenvalue weighted by atomic mass is 10.2. The predicted octanol–water partition coefficient (Wildman–Crippen LogP) is 1.19. The number of esters is 1. The highest BCUT2D eigenvalue weighted by molar-refractivity contribution is 5.91. The second kappa shape index (κ2) is 7.96. The molecule has 0 aliphatic carbocycles. The number of aromatic nitrogens is 1. The zero-order valence-corrected chi connectivity index (χ0v) is 13.4. The molecule has 24 heavy (non-hydrogen) atoms. The van der Waals surface area contributed by atoms with E-state index in [1.807, 2.05) is 12.1 Å². The number of methoxy groups -OCH3 is 1. The Hall–Kier alpha value is -3.09. The number of hydrogen-bond donors (Lipinski definition) is 1. The van der Waals surface area contributed by atoms with Crippen LogP contribution in [0, 0.1) is 5.21 Å². The van der Waals surface area contributed by atoms with Crippen LogP contribution in [0.2, 0.25) is 0 Å². The molecule has 1 atom stereocenters. The molecule has 7 heteroatoms. The van der Waals surface area contributed by atoms with E-state index in [1.165, 1.54) is 31.5 Å². The molecule has 0 aliphatic heterocycles. The van der Waals surface area contributed by atoms with Gasteiger partial charge in [-0.2, -0.15) is 4.73 Å². The van der Waals surface area contributed by atoms with Crippen molar-refractivity contribution in [3.63, 3.8) is 0 Å². The Morgan fingerprint density at radius 3 is 2.38 bits per heavy atom. The Labute approximate surface area is 139 Å². The molecule has 1 aromatic carbocycles. The second-order valence-corrected chi connectivity index (χ2v) is 5.06. The van der Waals surface area contributed by atoms with Crippen LogP contribution in [-0.2, 0) is 16.1 Å². The van der Waals surface area contributed by atoms with Gasteiger partial charge in [0.2, 0.25) is 0 Å². The summed E-state index contributed by atoms with van der Waals surface area (Å²) >= 11 is 0. The third-order valence-corrected chi connectivity index (χ3v) is 3.32. The van der Waals surface area contributed by atoms with Crippen molar-refractivity contribution in [3.05, 3.63) is 65.1 Å². The van der Waals surface area contributed by atoms with E-state index in [2.05, 4.69) is 5.32 Å². The Balaban J connectivity index is 1.84. The number of pyridine rings is 1. The molecule has 1 aromatic heterocycles. The number of benzene rings is 1. The van der Waals surface area contributed by atoms with Crippen molar-refractivity contribution < 1.29 is 23.8 Å². The lowest BCUT2D eigenvalue weighted by Gasteiger charge is -2.13. The standard InChI is InChI=1S/C17H18N2O5/c1-12(24-17(21)14-7-9-19(22)10-8-14)16(20)18-11-13-3-5-15(23-2)6-4-13/h3-10,12H,11H2,1-2H3,(H,18,20)/t12-/m1/s1. The number of carbonyl (C=O) groups is 2. The molecule has 0 radical (unpaired) electrons. The summed E-state index contributed by atoms with van der Waals surface area (Å²) in [4.78, 5) is 23.9. The molecule has 0 bridgehead atoms. The average Bonchev–Trinajstić information content (AvgIpc) is 2.60. The van der Waals surface area contributed by atoms with E-state index in [-0.39, 0.29) is 5.56 Å². The van der Waals surface area contributed by atoms with Gasteiger partial charge in [0.1, 0.15) is 5.75 Å². The maximum absolute atomic E-state index is 12.0. The predicted molar refractivity (Wildman–Crippen MR) is 85.1 cm³/mol. The first-order valence-corrected chi connectivity index (χ1v) is 7.30. The Morgan fingerprint density at radius 2 is 1.79 bits per heavy atom. The van der Waals surface area contributed by atoms with E-state index in [0.717, 1.165) is 11.3 Å². The highest BCUT2D eigenvalue weighted by atomic mass is 16.5. The van der Waals surface area contributed by atoms with Crippen molar-refractivity contribution in [2.75, 3.05) is 7.11 Å². The minimum Gasteiger partial charge on any atom is -0.619 e. The molecule has 0 aliphatic rings. The van der Waals surface area contributed by atoms with Crippen LogP contribution >= 0.6 is 0 Å². The monoisotopic (exact) mass is 330 g/mol. The normalized spacial score (nSPS) is 11.4. The van der Waals surface area contributed by atoms with Crippen LogP contribution in [0.5, 0.6) is 5.75 Å². The summed E-state index contributed by atoms with van der Waals surface area (Å²) in [6.45, 7) is 1.80. The fourth-order valence-corrected chi connectivity index (χ4v) is 1.91. The van der Waals surface area contributed by atoms with Crippen molar-refractivity contribution in [2.24, 2.45) is 0 Å². The third-order valence-electron chi connectivity index (χ3n) is 3.32. The summed E-state index contributed by atoms with van der Waals surface area (Å²) in [6.07, 6.45) is 1.42. The van der Waals surface area contributed by atoms with E-state index in [1.54, 1.807) is 19.2 Å². The molecule has 7 nitrogen and oxygen atoms in total. The zero-order valence-electron chi connectivity index (χ0n) is 13.4. The number of nitrogens with zero attached hydrogens (tertiary/aromatic N) is 1. The lowest BCUT2D eigenvalue weighted by molar-refractivity contribution is -0.605. The van der Waals surface area contributed by atoms with Crippen molar-refractivity contribution in [3.8, 4) is 5.75 Å². The van der Waals surface area contributed by atoms with Gasteiger partial charge in [-0.05, 0) is 24.6 Å². The number of amides is 1. The summed E-state index contributed by atoms with van der Waals surface area (Å²) in [5.74, 6) is -0.341. The summed E-state index contributed by atoms with van der Waals surface area (Å²) in [5, 5.41) is 13.6. The van der Waals surface area contributed by atoms with Gasteiger partial charge in [0.05, 0.1) is 12.7 Å². The summed E-state index contributed by atoms with van der Waals surface area (Å²) in [6, 6.07) is 9.91. The van der Waals surface area contributed by atoms with Gasteiger partial charge in [-0.15, -0.1) is 0 Å². The van der Waals surface area contributed by atoms with Crippen LogP contribution in [-0.4, -0.2) is 25.1 Å². The molecule has 2 rings (SSSR count). The Morgan fingerprint density at radius 1 is 1.17 bits per heavy atom. The average molecular weight is 330 g/mol. The molecule has 1 heterocycles. The van der Waals surface area contributed by atoms with Gasteiger partial charge in [-0.3, -0.25) is 4.79 Å². The molecular weight excluding hydrogens is 312 g/mol. The maximum atomic E-state index is 12.0. The minimum absolute atomic E-state index is 0.205. The van der Waals surface area contributed by atoms with Gasteiger partial charge in [-0.1, -0.05) is 12.1 Å². The van der Waals surface area contributed by atoms with Crippen LogP contribution in [0.15, 0.2) is 48.8 Å². The van der Waals surface area contributed by atoms with Gasteiger partial charge in [0, 0.05) is 18.7 Å². The first kappa shape index (κ1) is 17.3. The summed E-state index contributed by atoms with van der Waals surface area (Å²) in [5.41, 5.74) is 1.10. The molecule has 2 aromatic rings. The third kappa shape index (κ3) is 4.70. The van der Waals surface area contributed by atoms with E-state index >= 15 is 0 Å². The van der Waals surface area contributed by atoms with E-state index in [0.29, 0.717) is 11.3 Å². The van der Waals surface area contributed by atoms with E-state index in [9.17, 15) is 14.8 Å². The van der Waals surface area contributed by atoms with Crippen LogP contribution < -0.4 is 14.8 Å². The Kier molecular flexibility index (Phi) is 5.73. The zero-order chi connectivity index (χ0) is 17.5. The fourth-order valence-electron chi connectivity index (χ4n) is 1.91. The van der Waals surface area contributed by atoms with Crippen LogP contribution in [0.4, 0.5) is 0 Å². The summed E-state index contributed by atoms with van der Waals surface area (Å²) < 4.78 is 10.7. The second-order valence-electron chi connectivity index (χ2n) is 5.06. The highest BCUT2D eigenvalue weighted by Crippen LogP contribution is 2.11. The van der Waals surface area contributed by atoms with Gasteiger partial charge in [-0.25, -0.2) is 4.79 Å². The van der Waals surface area contributed by atoms with E-state index < -0.39 is 18.0 Å². The number of ether oxygens (including phenoxy) is 2. The molecule has 0 unspecified atom stereocenters. The Bertz CT molecular complexity index is 698. The largest absolute Gasteiger partial charge is 0.619 e. The van der Waals surface area contributed by atoms with Crippen LogP contribution in [0.25, 0.3) is 0 Å². The number of hydrogen-bond acceptors (Lipinski definition) is 5. The molecule has 0 saturated heterocycles. The molecular formula is C17H18N2O5. The molecule has 0 saturated carbocycles. The molecule has 0 fully saturated rings. The SMILES string of the molecule is COc1ccc(CNC(=O)[C@@H](C)OC(=O)c2cc[n+]([O-])cc2)cc1. The van der Waals surface area contributed by atoms with Gasteiger partial charge in [0.25, 0.3) is 5.91 Å². The first-order chi connectivity index (χ1) is 11.5. The fraction of sp³-hybridized carbons (Fsp3) is 0.235. The van der Waals surface area contributed by atoms with Gasteiger partial charge in [0.15, 0.2) is 18.5 Å². The number of carbonyl (C=O) groups excluding carboxylic acids is 2. The van der Waals surface area contributed by atoms with Crippen molar-refractivity contribution in [1.29, 1.82) is 0 Å². The quantitative estimate of drug-likeness (QED) is 0.488. The van der Waals surface area contributed by atoms with E-state index in [4.69, 9.17) is 9.47 Å². The van der Waals surface area contributed by atoms with Crippen molar-refractivity contribution in [1.82, 2.24) is 5.32 Å². The molecule has 1 amide bonds. The topological polar surface area (TPSA) is 91.6 Å². The van der Waals surface area contributed by atoms with Gasteiger partial charge >= 0.3 is 5.97 Å². The highest BCUT2D eigenvalue weighted by Gasteiger charge is 2.19. The number of rotatable bonds is 6. The molecule has 0 spiro atoms. The first-order valence-electron chi connectivity index (χ1n) is 7.30. The van der Waals surface area contributed by atoms with Crippen molar-refractivity contribution in [2.45, 2.75) is 19.6 Å².